The number of thioether (sulfide) groups is 1. The predicted molar refractivity (Wildman–Crippen MR) is 93.6 cm³/mol. The number of fused-ring (bicyclic) bond motifs is 1. The molecule has 3 rings (SSSR count). The third-order valence-electron chi connectivity index (χ3n) is 5.04. The van der Waals surface area contributed by atoms with Crippen molar-refractivity contribution in [1.29, 1.82) is 5.26 Å². The van der Waals surface area contributed by atoms with E-state index in [0.29, 0.717) is 33.6 Å². The van der Waals surface area contributed by atoms with Crippen molar-refractivity contribution in [2.45, 2.75) is 44.3 Å². The largest absolute Gasteiger partial charge is 0.284 e. The first-order chi connectivity index (χ1) is 11.1. The molecule has 4 nitrogen and oxygen atoms in total. The summed E-state index contributed by atoms with van der Waals surface area (Å²) in [6.45, 7) is 4.49. The maximum absolute atomic E-state index is 13.1. The first kappa shape index (κ1) is 16.1. The van der Waals surface area contributed by atoms with E-state index in [9.17, 15) is 4.79 Å². The lowest BCUT2D eigenvalue weighted by Crippen LogP contribution is -2.35. The van der Waals surface area contributed by atoms with E-state index in [2.05, 4.69) is 24.9 Å². The zero-order valence-electron chi connectivity index (χ0n) is 13.5. The molecule has 23 heavy (non-hydrogen) atoms. The lowest BCUT2D eigenvalue weighted by molar-refractivity contribution is 0.173. The molecule has 0 spiro atoms. The van der Waals surface area contributed by atoms with Gasteiger partial charge in [0.15, 0.2) is 5.16 Å². The molecule has 0 bridgehead atoms. The molecule has 1 aliphatic carbocycles. The molecule has 3 atom stereocenters. The van der Waals surface area contributed by atoms with Crippen molar-refractivity contribution in [3.05, 3.63) is 34.6 Å². The molecule has 0 amide bonds. The van der Waals surface area contributed by atoms with Crippen LogP contribution >= 0.6 is 11.8 Å². The van der Waals surface area contributed by atoms with E-state index in [1.807, 2.05) is 28.8 Å². The molecular formula is C18H21N3OS. The van der Waals surface area contributed by atoms with E-state index in [4.69, 9.17) is 5.26 Å². The van der Waals surface area contributed by atoms with Crippen LogP contribution in [-0.2, 0) is 0 Å². The molecule has 5 heteroatoms. The Morgan fingerprint density at radius 2 is 2.13 bits per heavy atom. The van der Waals surface area contributed by atoms with Gasteiger partial charge in [-0.2, -0.15) is 5.26 Å². The molecule has 1 saturated carbocycles. The average molecular weight is 327 g/mol. The van der Waals surface area contributed by atoms with Crippen LogP contribution < -0.4 is 5.56 Å². The standard InChI is InChI=1S/C18H21N3OS/c1-12-6-5-9-16(13(12)2)21-17(22)14-7-3-4-8-15(14)20-18(21)23-11-10-19/h3-4,7-8,12-13,16H,5-6,9,11H2,1-2H3/t12-,13-,16+/m1/s1. The van der Waals surface area contributed by atoms with E-state index in [-0.39, 0.29) is 11.6 Å². The highest BCUT2D eigenvalue weighted by Gasteiger charge is 2.31. The first-order valence-corrected chi connectivity index (χ1v) is 9.13. The van der Waals surface area contributed by atoms with Crippen molar-refractivity contribution < 1.29 is 0 Å². The summed E-state index contributed by atoms with van der Waals surface area (Å²) < 4.78 is 1.87. The fraction of sp³-hybridized carbons (Fsp3) is 0.500. The number of nitriles is 1. The molecule has 120 valence electrons. The van der Waals surface area contributed by atoms with Crippen LogP contribution in [0.5, 0.6) is 0 Å². The monoisotopic (exact) mass is 327 g/mol. The number of rotatable bonds is 3. The summed E-state index contributed by atoms with van der Waals surface area (Å²) in [5.41, 5.74) is 0.743. The van der Waals surface area contributed by atoms with Crippen LogP contribution in [-0.4, -0.2) is 15.3 Å². The summed E-state index contributed by atoms with van der Waals surface area (Å²) in [6.07, 6.45) is 3.36. The van der Waals surface area contributed by atoms with Gasteiger partial charge in [-0.1, -0.05) is 50.6 Å². The summed E-state index contributed by atoms with van der Waals surface area (Å²) in [5.74, 6) is 1.34. The zero-order chi connectivity index (χ0) is 16.4. The van der Waals surface area contributed by atoms with Crippen LogP contribution in [0.4, 0.5) is 0 Å². The van der Waals surface area contributed by atoms with Gasteiger partial charge in [-0.25, -0.2) is 4.98 Å². The Morgan fingerprint density at radius 3 is 2.91 bits per heavy atom. The minimum atomic E-state index is 0.0296. The molecule has 0 saturated heterocycles. The van der Waals surface area contributed by atoms with Crippen LogP contribution in [0.25, 0.3) is 10.9 Å². The molecule has 1 aromatic heterocycles. The summed E-state index contributed by atoms with van der Waals surface area (Å²) in [7, 11) is 0. The smallest absolute Gasteiger partial charge is 0.262 e. The number of para-hydroxylation sites is 1. The molecular weight excluding hydrogens is 306 g/mol. The van der Waals surface area contributed by atoms with Crippen molar-refractivity contribution in [3.8, 4) is 6.07 Å². The Morgan fingerprint density at radius 1 is 1.35 bits per heavy atom. The van der Waals surface area contributed by atoms with Gasteiger partial charge in [0.25, 0.3) is 5.56 Å². The van der Waals surface area contributed by atoms with Gasteiger partial charge in [0.1, 0.15) is 0 Å². The van der Waals surface area contributed by atoms with Gasteiger partial charge in [-0.15, -0.1) is 0 Å². The minimum absolute atomic E-state index is 0.0296. The highest BCUT2D eigenvalue weighted by Crippen LogP contribution is 2.38. The van der Waals surface area contributed by atoms with Crippen LogP contribution in [0.1, 0.15) is 39.2 Å². The topological polar surface area (TPSA) is 58.7 Å². The van der Waals surface area contributed by atoms with E-state index in [0.717, 1.165) is 12.8 Å². The fourth-order valence-electron chi connectivity index (χ4n) is 3.53. The van der Waals surface area contributed by atoms with Crippen LogP contribution in [0.3, 0.4) is 0 Å². The summed E-state index contributed by atoms with van der Waals surface area (Å²) in [6, 6.07) is 9.79. The second-order valence-corrected chi connectivity index (χ2v) is 7.31. The van der Waals surface area contributed by atoms with Gasteiger partial charge in [0.05, 0.1) is 22.7 Å². The number of nitrogens with zero attached hydrogens (tertiary/aromatic N) is 3. The molecule has 2 aromatic rings. The molecule has 0 unspecified atom stereocenters. The Bertz CT molecular complexity index is 808. The molecule has 0 N–H and O–H groups in total. The average Bonchev–Trinajstić information content (AvgIpc) is 2.56. The molecule has 1 aromatic carbocycles. The van der Waals surface area contributed by atoms with E-state index in [1.54, 1.807) is 0 Å². The second kappa shape index (κ2) is 6.76. The van der Waals surface area contributed by atoms with Crippen LogP contribution in [0.2, 0.25) is 0 Å². The maximum Gasteiger partial charge on any atom is 0.262 e. The molecule has 0 radical (unpaired) electrons. The predicted octanol–water partition coefficient (Wildman–Crippen LogP) is 4.01. The lowest BCUT2D eigenvalue weighted by atomic mass is 9.78. The second-order valence-electron chi connectivity index (χ2n) is 6.37. The lowest BCUT2D eigenvalue weighted by Gasteiger charge is -2.36. The molecule has 1 fully saturated rings. The summed E-state index contributed by atoms with van der Waals surface area (Å²) >= 11 is 1.36. The SMILES string of the molecule is C[C@@H]1[C@H](C)CCC[C@@H]1n1c(SCC#N)nc2ccccc2c1=O. The summed E-state index contributed by atoms with van der Waals surface area (Å²) in [4.78, 5) is 17.8. The Hall–Kier alpha value is -1.80. The van der Waals surface area contributed by atoms with Crippen molar-refractivity contribution in [1.82, 2.24) is 9.55 Å². The third kappa shape index (κ3) is 3.00. The van der Waals surface area contributed by atoms with Gasteiger partial charge < -0.3 is 0 Å². The first-order valence-electron chi connectivity index (χ1n) is 8.14. The number of hydrogen-bond donors (Lipinski definition) is 0. The van der Waals surface area contributed by atoms with Crippen LogP contribution in [0, 0.1) is 23.2 Å². The molecule has 0 aliphatic heterocycles. The Kier molecular flexibility index (Phi) is 4.72. The fourth-order valence-corrected chi connectivity index (χ4v) is 4.25. The summed E-state index contributed by atoms with van der Waals surface area (Å²) in [5, 5.41) is 10.3. The number of hydrogen-bond acceptors (Lipinski definition) is 4. The maximum atomic E-state index is 13.1. The van der Waals surface area contributed by atoms with Gasteiger partial charge in [0.2, 0.25) is 0 Å². The van der Waals surface area contributed by atoms with Crippen molar-refractivity contribution in [2.24, 2.45) is 11.8 Å². The van der Waals surface area contributed by atoms with Gasteiger partial charge in [0, 0.05) is 6.04 Å². The normalized spacial score (nSPS) is 24.5. The van der Waals surface area contributed by atoms with Crippen molar-refractivity contribution >= 4 is 22.7 Å². The van der Waals surface area contributed by atoms with Crippen molar-refractivity contribution in [3.63, 3.8) is 0 Å². The van der Waals surface area contributed by atoms with E-state index < -0.39 is 0 Å². The quantitative estimate of drug-likeness (QED) is 0.631. The van der Waals surface area contributed by atoms with E-state index in [1.165, 1.54) is 18.2 Å². The number of aromatic nitrogens is 2. The molecule has 1 heterocycles. The molecule has 1 aliphatic rings. The van der Waals surface area contributed by atoms with Crippen LogP contribution in [0.15, 0.2) is 34.2 Å². The highest BCUT2D eigenvalue weighted by atomic mass is 32.2. The van der Waals surface area contributed by atoms with E-state index >= 15 is 0 Å². The van der Waals surface area contributed by atoms with Gasteiger partial charge in [-0.3, -0.25) is 9.36 Å². The highest BCUT2D eigenvalue weighted by molar-refractivity contribution is 7.99. The number of benzene rings is 1. The van der Waals surface area contributed by atoms with Crippen molar-refractivity contribution in [2.75, 3.05) is 5.75 Å². The Balaban J connectivity index is 2.18. The van der Waals surface area contributed by atoms with Gasteiger partial charge >= 0.3 is 0 Å². The third-order valence-corrected chi connectivity index (χ3v) is 5.86. The minimum Gasteiger partial charge on any atom is -0.284 e. The Labute approximate surface area is 140 Å². The zero-order valence-corrected chi connectivity index (χ0v) is 14.3. The van der Waals surface area contributed by atoms with Gasteiger partial charge in [-0.05, 0) is 30.4 Å².